The fraction of sp³-hybridized carbons (Fsp3) is 0.158. The summed E-state index contributed by atoms with van der Waals surface area (Å²) >= 11 is 0. The van der Waals surface area contributed by atoms with Gasteiger partial charge in [-0.3, -0.25) is 0 Å². The van der Waals surface area contributed by atoms with Crippen LogP contribution in [0.25, 0.3) is 10.8 Å². The van der Waals surface area contributed by atoms with E-state index < -0.39 is 23.8 Å². The van der Waals surface area contributed by atoms with Gasteiger partial charge in [0.25, 0.3) is 0 Å². The Morgan fingerprint density at radius 1 is 1.15 bits per heavy atom. The minimum atomic E-state index is -4.39. The number of amides is 2. The lowest BCUT2D eigenvalue weighted by molar-refractivity contribution is -0.137. The first kappa shape index (κ1) is 18.5. The summed E-state index contributed by atoms with van der Waals surface area (Å²) in [5.74, 6) is 0.329. The van der Waals surface area contributed by atoms with Gasteiger partial charge in [-0.15, -0.1) is 0 Å². The number of fused-ring (bicyclic) bond motifs is 1. The van der Waals surface area contributed by atoms with Crippen LogP contribution in [0.15, 0.2) is 54.7 Å². The standard InChI is InChI=1S/C19H17F3N4O/c1-11(12-5-7-14(8-6-12)19(20,21)22)25-18(27)26-16-4-2-3-13-10-24-17(23)9-15(13)16/h2-11H,1H3,(H2,23,24)(H2,25,26,27). The summed E-state index contributed by atoms with van der Waals surface area (Å²) in [7, 11) is 0. The van der Waals surface area contributed by atoms with Gasteiger partial charge >= 0.3 is 12.2 Å². The molecule has 0 saturated heterocycles. The summed E-state index contributed by atoms with van der Waals surface area (Å²) in [4.78, 5) is 16.3. The van der Waals surface area contributed by atoms with Crippen LogP contribution in [0.4, 0.5) is 29.5 Å². The molecule has 140 valence electrons. The Morgan fingerprint density at radius 3 is 2.52 bits per heavy atom. The number of halogens is 3. The largest absolute Gasteiger partial charge is 0.416 e. The molecule has 27 heavy (non-hydrogen) atoms. The van der Waals surface area contributed by atoms with Gasteiger partial charge in [-0.05, 0) is 36.8 Å². The molecule has 4 N–H and O–H groups in total. The van der Waals surface area contributed by atoms with Crippen LogP contribution in [0, 0.1) is 0 Å². The average Bonchev–Trinajstić information content (AvgIpc) is 2.61. The van der Waals surface area contributed by atoms with E-state index in [0.717, 1.165) is 22.9 Å². The molecule has 2 amide bonds. The molecule has 0 saturated carbocycles. The topological polar surface area (TPSA) is 80.0 Å². The number of nitrogen functional groups attached to an aromatic ring is 1. The number of nitrogens with two attached hydrogens (primary N) is 1. The van der Waals surface area contributed by atoms with Crippen molar-refractivity contribution in [2.45, 2.75) is 19.1 Å². The third-order valence-corrected chi connectivity index (χ3v) is 4.12. The highest BCUT2D eigenvalue weighted by atomic mass is 19.4. The smallest absolute Gasteiger partial charge is 0.384 e. The van der Waals surface area contributed by atoms with Crippen LogP contribution in [-0.2, 0) is 6.18 Å². The molecule has 0 aliphatic heterocycles. The van der Waals surface area contributed by atoms with Crippen molar-refractivity contribution in [1.82, 2.24) is 10.3 Å². The number of urea groups is 1. The molecular formula is C19H17F3N4O. The Kier molecular flexibility index (Phi) is 4.89. The third kappa shape index (κ3) is 4.28. The van der Waals surface area contributed by atoms with Crippen molar-refractivity contribution >= 4 is 28.3 Å². The minimum absolute atomic E-state index is 0.329. The molecule has 2 aromatic carbocycles. The fourth-order valence-corrected chi connectivity index (χ4v) is 2.69. The Balaban J connectivity index is 1.72. The number of hydrogen-bond donors (Lipinski definition) is 3. The number of alkyl halides is 3. The minimum Gasteiger partial charge on any atom is -0.384 e. The monoisotopic (exact) mass is 374 g/mol. The Hall–Kier alpha value is -3.29. The molecule has 8 heteroatoms. The predicted molar refractivity (Wildman–Crippen MR) is 98.2 cm³/mol. The van der Waals surface area contributed by atoms with Gasteiger partial charge < -0.3 is 16.4 Å². The van der Waals surface area contributed by atoms with Crippen LogP contribution in [0.2, 0.25) is 0 Å². The average molecular weight is 374 g/mol. The number of benzene rings is 2. The quantitative estimate of drug-likeness (QED) is 0.621. The number of hydrogen-bond acceptors (Lipinski definition) is 3. The van der Waals surface area contributed by atoms with Crippen molar-refractivity contribution in [3.63, 3.8) is 0 Å². The highest BCUT2D eigenvalue weighted by Crippen LogP contribution is 2.30. The number of rotatable bonds is 3. The fourth-order valence-electron chi connectivity index (χ4n) is 2.69. The van der Waals surface area contributed by atoms with Crippen molar-refractivity contribution in [3.8, 4) is 0 Å². The zero-order valence-electron chi connectivity index (χ0n) is 14.3. The molecule has 1 aromatic heterocycles. The number of carbonyl (C=O) groups is 1. The lowest BCUT2D eigenvalue weighted by Gasteiger charge is -2.17. The maximum absolute atomic E-state index is 12.6. The highest BCUT2D eigenvalue weighted by Gasteiger charge is 2.30. The molecule has 0 spiro atoms. The summed E-state index contributed by atoms with van der Waals surface area (Å²) in [6.07, 6.45) is -2.78. The van der Waals surface area contributed by atoms with Gasteiger partial charge in [0, 0.05) is 17.0 Å². The second-order valence-electron chi connectivity index (χ2n) is 6.08. The maximum atomic E-state index is 12.6. The molecule has 0 aliphatic carbocycles. The molecule has 3 aromatic rings. The second-order valence-corrected chi connectivity index (χ2v) is 6.08. The molecule has 1 heterocycles. The van der Waals surface area contributed by atoms with Crippen LogP contribution in [0.3, 0.4) is 0 Å². The van der Waals surface area contributed by atoms with Crippen molar-refractivity contribution in [2.24, 2.45) is 0 Å². The molecule has 1 unspecified atom stereocenters. The Bertz CT molecular complexity index is 971. The van der Waals surface area contributed by atoms with Crippen molar-refractivity contribution in [1.29, 1.82) is 0 Å². The number of nitrogens with zero attached hydrogens (tertiary/aromatic N) is 1. The lowest BCUT2D eigenvalue weighted by Crippen LogP contribution is -2.31. The lowest BCUT2D eigenvalue weighted by atomic mass is 10.1. The van der Waals surface area contributed by atoms with Gasteiger partial charge in [-0.25, -0.2) is 9.78 Å². The van der Waals surface area contributed by atoms with Gasteiger partial charge in [0.2, 0.25) is 0 Å². The number of carbonyl (C=O) groups excluding carboxylic acids is 1. The van der Waals surface area contributed by atoms with Gasteiger partial charge in [0.05, 0.1) is 17.3 Å². The third-order valence-electron chi connectivity index (χ3n) is 4.12. The molecule has 0 radical (unpaired) electrons. The zero-order valence-corrected chi connectivity index (χ0v) is 14.3. The van der Waals surface area contributed by atoms with E-state index in [1.54, 1.807) is 31.3 Å². The SMILES string of the molecule is CC(NC(=O)Nc1cccc2cnc(N)cc12)c1ccc(C(F)(F)F)cc1. The van der Waals surface area contributed by atoms with Crippen molar-refractivity contribution < 1.29 is 18.0 Å². The molecule has 0 bridgehead atoms. The molecule has 3 rings (SSSR count). The first-order valence-electron chi connectivity index (χ1n) is 8.13. The number of nitrogens with one attached hydrogen (secondary N) is 2. The highest BCUT2D eigenvalue weighted by molar-refractivity contribution is 6.02. The van der Waals surface area contributed by atoms with E-state index in [1.165, 1.54) is 12.1 Å². The van der Waals surface area contributed by atoms with E-state index in [2.05, 4.69) is 15.6 Å². The van der Waals surface area contributed by atoms with Gasteiger partial charge in [0.1, 0.15) is 5.82 Å². The number of aromatic nitrogens is 1. The van der Waals surface area contributed by atoms with Gasteiger partial charge in [-0.2, -0.15) is 13.2 Å². The van der Waals surface area contributed by atoms with E-state index in [1.807, 2.05) is 6.07 Å². The van der Waals surface area contributed by atoms with E-state index in [-0.39, 0.29) is 0 Å². The van der Waals surface area contributed by atoms with E-state index >= 15 is 0 Å². The Morgan fingerprint density at radius 2 is 1.85 bits per heavy atom. The van der Waals surface area contributed by atoms with Crippen molar-refractivity contribution in [2.75, 3.05) is 11.1 Å². The first-order chi connectivity index (χ1) is 12.7. The Labute approximate surface area is 153 Å². The van der Waals surface area contributed by atoms with E-state index in [9.17, 15) is 18.0 Å². The number of anilines is 2. The summed E-state index contributed by atoms with van der Waals surface area (Å²) < 4.78 is 37.9. The van der Waals surface area contributed by atoms with Gasteiger partial charge in [-0.1, -0.05) is 24.3 Å². The maximum Gasteiger partial charge on any atom is 0.416 e. The van der Waals surface area contributed by atoms with E-state index in [4.69, 9.17) is 5.73 Å². The van der Waals surface area contributed by atoms with Crippen LogP contribution in [-0.4, -0.2) is 11.0 Å². The zero-order chi connectivity index (χ0) is 19.6. The summed E-state index contributed by atoms with van der Waals surface area (Å²) in [5, 5.41) is 6.99. The first-order valence-corrected chi connectivity index (χ1v) is 8.13. The molecule has 0 fully saturated rings. The van der Waals surface area contributed by atoms with Crippen LogP contribution in [0.1, 0.15) is 24.1 Å². The van der Waals surface area contributed by atoms with Crippen LogP contribution >= 0.6 is 0 Å². The van der Waals surface area contributed by atoms with Gasteiger partial charge in [0.15, 0.2) is 0 Å². The molecule has 5 nitrogen and oxygen atoms in total. The predicted octanol–water partition coefficient (Wildman–Crippen LogP) is 4.72. The van der Waals surface area contributed by atoms with Crippen LogP contribution in [0.5, 0.6) is 0 Å². The van der Waals surface area contributed by atoms with Crippen molar-refractivity contribution in [3.05, 3.63) is 65.9 Å². The van der Waals surface area contributed by atoms with E-state index in [0.29, 0.717) is 17.1 Å². The van der Waals surface area contributed by atoms with Crippen LogP contribution < -0.4 is 16.4 Å². The summed E-state index contributed by atoms with van der Waals surface area (Å²) in [5.41, 5.74) is 6.09. The summed E-state index contributed by atoms with van der Waals surface area (Å²) in [6, 6.07) is 10.7. The molecular weight excluding hydrogens is 357 g/mol. The molecule has 0 aliphatic rings. The molecule has 1 atom stereocenters. The second kappa shape index (κ2) is 7.14. The summed E-state index contributed by atoms with van der Waals surface area (Å²) in [6.45, 7) is 1.69. The normalized spacial score (nSPS) is 12.6. The number of pyridine rings is 1.